The van der Waals surface area contributed by atoms with Gasteiger partial charge in [0, 0.05) is 11.1 Å². The summed E-state index contributed by atoms with van der Waals surface area (Å²) in [6.45, 7) is -0.183. The standard InChI is InChI=1S/C17H13ClN2O4S/c1-23-15(21)10-19-14(9-13-3-2-8-24-13)16(22)20(17(19)25)12-6-4-11(18)5-7-12/h2-9H,10H2,1H3/b14-9+. The summed E-state index contributed by atoms with van der Waals surface area (Å²) in [7, 11) is 1.27. The Morgan fingerprint density at radius 2 is 2.04 bits per heavy atom. The van der Waals surface area contributed by atoms with Gasteiger partial charge in [-0.1, -0.05) is 11.6 Å². The fourth-order valence-electron chi connectivity index (χ4n) is 2.35. The lowest BCUT2D eigenvalue weighted by atomic mass is 10.2. The van der Waals surface area contributed by atoms with E-state index >= 15 is 0 Å². The summed E-state index contributed by atoms with van der Waals surface area (Å²) in [5, 5.41) is 0.717. The zero-order chi connectivity index (χ0) is 18.0. The van der Waals surface area contributed by atoms with Crippen molar-refractivity contribution in [2.75, 3.05) is 18.6 Å². The lowest BCUT2D eigenvalue weighted by Crippen LogP contribution is -2.35. The van der Waals surface area contributed by atoms with Crippen LogP contribution in [0.5, 0.6) is 0 Å². The second-order valence-electron chi connectivity index (χ2n) is 5.11. The molecule has 0 unspecified atom stereocenters. The molecule has 25 heavy (non-hydrogen) atoms. The van der Waals surface area contributed by atoms with Crippen LogP contribution in [0.25, 0.3) is 6.08 Å². The molecule has 1 aliphatic rings. The van der Waals surface area contributed by atoms with E-state index in [2.05, 4.69) is 0 Å². The van der Waals surface area contributed by atoms with Crippen molar-refractivity contribution in [1.82, 2.24) is 4.90 Å². The molecule has 0 N–H and O–H groups in total. The third-order valence-corrected chi connectivity index (χ3v) is 4.21. The third-order valence-electron chi connectivity index (χ3n) is 3.56. The minimum absolute atomic E-state index is 0.176. The molecule has 1 aromatic carbocycles. The number of esters is 1. The van der Waals surface area contributed by atoms with Gasteiger partial charge >= 0.3 is 5.97 Å². The molecule has 0 aliphatic carbocycles. The molecule has 128 valence electrons. The predicted octanol–water partition coefficient (Wildman–Crippen LogP) is 3.08. The highest BCUT2D eigenvalue weighted by molar-refractivity contribution is 7.80. The average Bonchev–Trinajstić information content (AvgIpc) is 3.19. The minimum atomic E-state index is -0.515. The fraction of sp³-hybridized carbons (Fsp3) is 0.118. The van der Waals surface area contributed by atoms with Crippen molar-refractivity contribution < 1.29 is 18.7 Å². The Labute approximate surface area is 154 Å². The van der Waals surface area contributed by atoms with Gasteiger partial charge in [0.2, 0.25) is 0 Å². The first-order valence-corrected chi connectivity index (χ1v) is 8.03. The molecule has 1 aliphatic heterocycles. The van der Waals surface area contributed by atoms with Crippen molar-refractivity contribution in [2.45, 2.75) is 0 Å². The maximum absolute atomic E-state index is 12.9. The fourth-order valence-corrected chi connectivity index (χ4v) is 2.83. The van der Waals surface area contributed by atoms with Gasteiger partial charge in [-0.15, -0.1) is 0 Å². The minimum Gasteiger partial charge on any atom is -0.468 e. The van der Waals surface area contributed by atoms with Gasteiger partial charge in [0.1, 0.15) is 18.0 Å². The number of thiocarbonyl (C=S) groups is 1. The monoisotopic (exact) mass is 376 g/mol. The SMILES string of the molecule is COC(=O)CN1C(=S)N(c2ccc(Cl)cc2)C(=O)/C1=C\c1ccco1. The summed E-state index contributed by atoms with van der Waals surface area (Å²) in [5.41, 5.74) is 0.775. The number of hydrogen-bond donors (Lipinski definition) is 0. The summed E-state index contributed by atoms with van der Waals surface area (Å²) in [6.07, 6.45) is 3.03. The number of amides is 1. The Balaban J connectivity index is 2.02. The molecule has 0 radical (unpaired) electrons. The molecule has 2 heterocycles. The third kappa shape index (κ3) is 3.42. The van der Waals surface area contributed by atoms with E-state index in [1.165, 1.54) is 29.2 Å². The number of anilines is 1. The van der Waals surface area contributed by atoms with E-state index in [0.717, 1.165) is 0 Å². The Kier molecular flexibility index (Phi) is 4.87. The van der Waals surface area contributed by atoms with E-state index in [0.29, 0.717) is 16.5 Å². The highest BCUT2D eigenvalue weighted by Gasteiger charge is 2.40. The number of furan rings is 1. The zero-order valence-corrected chi connectivity index (χ0v) is 14.7. The van der Waals surface area contributed by atoms with Crippen LogP contribution in [0, 0.1) is 0 Å². The van der Waals surface area contributed by atoms with Crippen LogP contribution >= 0.6 is 23.8 Å². The maximum atomic E-state index is 12.9. The second-order valence-corrected chi connectivity index (χ2v) is 5.91. The van der Waals surface area contributed by atoms with Crippen LogP contribution in [0.1, 0.15) is 5.76 Å². The summed E-state index contributed by atoms with van der Waals surface area (Å²) in [5.74, 6) is -0.412. The van der Waals surface area contributed by atoms with Crippen molar-refractivity contribution in [3.63, 3.8) is 0 Å². The normalized spacial score (nSPS) is 16.0. The lowest BCUT2D eigenvalue weighted by Gasteiger charge is -2.19. The number of carbonyl (C=O) groups excluding carboxylic acids is 2. The number of hydrogen-bond acceptors (Lipinski definition) is 5. The molecule has 3 rings (SSSR count). The number of ether oxygens (including phenoxy) is 1. The Hall–Kier alpha value is -2.64. The maximum Gasteiger partial charge on any atom is 0.325 e. The van der Waals surface area contributed by atoms with E-state index < -0.39 is 5.97 Å². The topological polar surface area (TPSA) is 63.0 Å². The molecule has 2 aromatic rings. The number of rotatable bonds is 4. The van der Waals surface area contributed by atoms with Crippen molar-refractivity contribution in [1.29, 1.82) is 0 Å². The molecular weight excluding hydrogens is 364 g/mol. The Morgan fingerprint density at radius 3 is 2.64 bits per heavy atom. The number of methoxy groups -OCH3 is 1. The largest absolute Gasteiger partial charge is 0.468 e. The number of carbonyl (C=O) groups is 2. The average molecular weight is 377 g/mol. The van der Waals surface area contributed by atoms with Gasteiger partial charge < -0.3 is 14.1 Å². The summed E-state index contributed by atoms with van der Waals surface area (Å²) >= 11 is 11.3. The van der Waals surface area contributed by atoms with Crippen LogP contribution in [0.3, 0.4) is 0 Å². The molecule has 1 fully saturated rings. The highest BCUT2D eigenvalue weighted by atomic mass is 35.5. The number of benzene rings is 1. The van der Waals surface area contributed by atoms with Crippen molar-refractivity contribution >= 4 is 52.6 Å². The van der Waals surface area contributed by atoms with Crippen LogP contribution in [0.2, 0.25) is 5.02 Å². The van der Waals surface area contributed by atoms with Gasteiger partial charge in [0.25, 0.3) is 5.91 Å². The van der Waals surface area contributed by atoms with Crippen molar-refractivity contribution in [3.8, 4) is 0 Å². The molecule has 1 saturated heterocycles. The van der Waals surface area contributed by atoms with Gasteiger partial charge in [-0.05, 0) is 48.6 Å². The summed E-state index contributed by atoms with van der Waals surface area (Å²) < 4.78 is 9.96. The number of nitrogens with zero attached hydrogens (tertiary/aromatic N) is 2. The van der Waals surface area contributed by atoms with Gasteiger partial charge in [-0.25, -0.2) is 0 Å². The first-order valence-electron chi connectivity index (χ1n) is 7.25. The smallest absolute Gasteiger partial charge is 0.325 e. The molecule has 8 heteroatoms. The van der Waals surface area contributed by atoms with Crippen LogP contribution < -0.4 is 4.90 Å². The molecule has 0 saturated carbocycles. The van der Waals surface area contributed by atoms with Crippen molar-refractivity contribution in [3.05, 3.63) is 59.1 Å². The van der Waals surface area contributed by atoms with Gasteiger partial charge in [-0.3, -0.25) is 14.5 Å². The van der Waals surface area contributed by atoms with Crippen LogP contribution in [0.15, 0.2) is 52.8 Å². The van der Waals surface area contributed by atoms with E-state index in [1.807, 2.05) is 0 Å². The first kappa shape index (κ1) is 17.2. The Morgan fingerprint density at radius 1 is 1.32 bits per heavy atom. The highest BCUT2D eigenvalue weighted by Crippen LogP contribution is 2.29. The van der Waals surface area contributed by atoms with E-state index in [-0.39, 0.29) is 23.3 Å². The lowest BCUT2D eigenvalue weighted by molar-refractivity contribution is -0.140. The molecular formula is C17H13ClN2O4S. The first-order chi connectivity index (χ1) is 12.0. The van der Waals surface area contributed by atoms with Crippen LogP contribution in [-0.2, 0) is 14.3 Å². The summed E-state index contributed by atoms with van der Waals surface area (Å²) in [6, 6.07) is 10.1. The van der Waals surface area contributed by atoms with Gasteiger partial charge in [-0.2, -0.15) is 0 Å². The Bertz CT molecular complexity index is 846. The van der Waals surface area contributed by atoms with Gasteiger partial charge in [0.15, 0.2) is 5.11 Å². The van der Waals surface area contributed by atoms with Gasteiger partial charge in [0.05, 0.1) is 19.1 Å². The zero-order valence-electron chi connectivity index (χ0n) is 13.1. The number of halogens is 1. The predicted molar refractivity (Wildman–Crippen MR) is 96.9 cm³/mol. The molecule has 1 aromatic heterocycles. The van der Waals surface area contributed by atoms with E-state index in [9.17, 15) is 9.59 Å². The van der Waals surface area contributed by atoms with Crippen molar-refractivity contribution in [2.24, 2.45) is 0 Å². The summed E-state index contributed by atoms with van der Waals surface area (Å²) in [4.78, 5) is 27.4. The molecule has 0 bridgehead atoms. The second kappa shape index (κ2) is 7.08. The van der Waals surface area contributed by atoms with E-state index in [1.54, 1.807) is 36.4 Å². The molecule has 6 nitrogen and oxygen atoms in total. The quantitative estimate of drug-likeness (QED) is 0.464. The van der Waals surface area contributed by atoms with Crippen LogP contribution in [-0.4, -0.2) is 35.5 Å². The molecule has 0 spiro atoms. The van der Waals surface area contributed by atoms with E-state index in [4.69, 9.17) is 33.0 Å². The molecule has 1 amide bonds. The molecule has 0 atom stereocenters. The van der Waals surface area contributed by atoms with Crippen LogP contribution in [0.4, 0.5) is 5.69 Å².